The lowest BCUT2D eigenvalue weighted by Gasteiger charge is -2.20. The Hall–Kier alpha value is -1.82. The minimum Gasteiger partial charge on any atom is -0.487 e. The van der Waals surface area contributed by atoms with Gasteiger partial charge in [-0.1, -0.05) is 6.42 Å². The molecule has 110 valence electrons. The number of nitrogens with one attached hydrogen (secondary N) is 1. The summed E-state index contributed by atoms with van der Waals surface area (Å²) in [6.45, 7) is 2.35. The van der Waals surface area contributed by atoms with Crippen LogP contribution in [0.15, 0.2) is 18.2 Å². The quantitative estimate of drug-likeness (QED) is 0.618. The van der Waals surface area contributed by atoms with Crippen molar-refractivity contribution in [2.75, 3.05) is 18.5 Å². The first-order valence-electron chi connectivity index (χ1n) is 6.94. The van der Waals surface area contributed by atoms with Gasteiger partial charge in [0.2, 0.25) is 0 Å². The molecule has 1 aliphatic rings. The molecular weight excluding hydrogens is 260 g/mol. The molecule has 0 aliphatic heterocycles. The van der Waals surface area contributed by atoms with Crippen LogP contribution in [0.1, 0.15) is 26.2 Å². The number of nitro benzene ring substituents is 1. The third-order valence-electron chi connectivity index (χ3n) is 3.70. The summed E-state index contributed by atoms with van der Waals surface area (Å²) < 4.78 is 5.33. The number of anilines is 1. The highest BCUT2D eigenvalue weighted by Crippen LogP contribution is 2.33. The molecule has 6 nitrogen and oxygen atoms in total. The van der Waals surface area contributed by atoms with Gasteiger partial charge in [0.1, 0.15) is 0 Å². The van der Waals surface area contributed by atoms with Crippen LogP contribution in [0.5, 0.6) is 5.75 Å². The van der Waals surface area contributed by atoms with Crippen LogP contribution in [0.3, 0.4) is 0 Å². The Bertz CT molecular complexity index is 478. The second-order valence-corrected chi connectivity index (χ2v) is 5.00. The minimum absolute atomic E-state index is 0.0254. The van der Waals surface area contributed by atoms with Crippen molar-refractivity contribution >= 4 is 11.4 Å². The molecule has 0 radical (unpaired) electrons. The molecule has 2 unspecified atom stereocenters. The van der Waals surface area contributed by atoms with Crippen LogP contribution < -0.4 is 10.1 Å². The molecule has 1 fully saturated rings. The fourth-order valence-corrected chi connectivity index (χ4v) is 2.69. The number of aliphatic hydroxyl groups is 1. The minimum atomic E-state index is -0.444. The number of hydrogen-bond acceptors (Lipinski definition) is 5. The maximum atomic E-state index is 10.9. The molecule has 2 N–H and O–H groups in total. The second kappa shape index (κ2) is 6.56. The van der Waals surface area contributed by atoms with Gasteiger partial charge in [-0.3, -0.25) is 10.1 Å². The van der Waals surface area contributed by atoms with E-state index in [1.54, 1.807) is 19.1 Å². The van der Waals surface area contributed by atoms with Gasteiger partial charge >= 0.3 is 5.69 Å². The summed E-state index contributed by atoms with van der Waals surface area (Å²) in [4.78, 5) is 10.5. The monoisotopic (exact) mass is 280 g/mol. The molecule has 2 atom stereocenters. The highest BCUT2D eigenvalue weighted by molar-refractivity contribution is 5.58. The van der Waals surface area contributed by atoms with Crippen molar-refractivity contribution in [3.8, 4) is 5.75 Å². The Balaban J connectivity index is 2.16. The summed E-state index contributed by atoms with van der Waals surface area (Å²) >= 11 is 0. The van der Waals surface area contributed by atoms with Gasteiger partial charge in [0.25, 0.3) is 0 Å². The van der Waals surface area contributed by atoms with Gasteiger partial charge in [-0.2, -0.15) is 0 Å². The lowest BCUT2D eigenvalue weighted by Crippen LogP contribution is -2.26. The number of hydrogen-bond donors (Lipinski definition) is 2. The van der Waals surface area contributed by atoms with E-state index in [-0.39, 0.29) is 30.0 Å². The molecule has 0 heterocycles. The Morgan fingerprint density at radius 1 is 1.50 bits per heavy atom. The van der Waals surface area contributed by atoms with Gasteiger partial charge in [-0.15, -0.1) is 0 Å². The van der Waals surface area contributed by atoms with E-state index in [9.17, 15) is 15.2 Å². The Kier molecular flexibility index (Phi) is 4.79. The average Bonchev–Trinajstić information content (AvgIpc) is 2.86. The SMILES string of the molecule is CCOc1cc(NC2CCCC2CO)ccc1[N+](=O)[O-]. The maximum Gasteiger partial charge on any atom is 0.311 e. The second-order valence-electron chi connectivity index (χ2n) is 5.00. The van der Waals surface area contributed by atoms with Gasteiger partial charge in [0, 0.05) is 36.4 Å². The smallest absolute Gasteiger partial charge is 0.311 e. The predicted octanol–water partition coefficient (Wildman–Crippen LogP) is 2.57. The van der Waals surface area contributed by atoms with E-state index < -0.39 is 4.92 Å². The van der Waals surface area contributed by atoms with E-state index in [2.05, 4.69) is 5.32 Å². The summed E-state index contributed by atoms with van der Waals surface area (Å²) in [7, 11) is 0. The summed E-state index contributed by atoms with van der Waals surface area (Å²) in [6, 6.07) is 5.02. The number of nitro groups is 1. The van der Waals surface area contributed by atoms with E-state index >= 15 is 0 Å². The van der Waals surface area contributed by atoms with E-state index in [4.69, 9.17) is 4.74 Å². The van der Waals surface area contributed by atoms with Gasteiger partial charge in [0.15, 0.2) is 5.75 Å². The zero-order valence-electron chi connectivity index (χ0n) is 11.5. The first kappa shape index (κ1) is 14.6. The van der Waals surface area contributed by atoms with Gasteiger partial charge in [0.05, 0.1) is 11.5 Å². The Morgan fingerprint density at radius 3 is 2.95 bits per heavy atom. The lowest BCUT2D eigenvalue weighted by atomic mass is 10.0. The Labute approximate surface area is 117 Å². The fourth-order valence-electron chi connectivity index (χ4n) is 2.69. The maximum absolute atomic E-state index is 10.9. The van der Waals surface area contributed by atoms with Crippen molar-refractivity contribution in [3.05, 3.63) is 28.3 Å². The predicted molar refractivity (Wildman–Crippen MR) is 76.1 cm³/mol. The van der Waals surface area contributed by atoms with Crippen molar-refractivity contribution < 1.29 is 14.8 Å². The van der Waals surface area contributed by atoms with E-state index in [0.29, 0.717) is 6.61 Å². The molecular formula is C14H20N2O4. The number of nitrogens with zero attached hydrogens (tertiary/aromatic N) is 1. The van der Waals surface area contributed by atoms with E-state index in [1.807, 2.05) is 0 Å². The first-order valence-corrected chi connectivity index (χ1v) is 6.94. The summed E-state index contributed by atoms with van der Waals surface area (Å²) in [5, 5.41) is 23.6. The van der Waals surface area contributed by atoms with Crippen molar-refractivity contribution in [3.63, 3.8) is 0 Å². The number of aliphatic hydroxyl groups excluding tert-OH is 1. The molecule has 1 aliphatic carbocycles. The summed E-state index contributed by atoms with van der Waals surface area (Å²) in [5.74, 6) is 0.529. The van der Waals surface area contributed by atoms with Crippen LogP contribution in [0.25, 0.3) is 0 Å². The van der Waals surface area contributed by atoms with Crippen LogP contribution in [-0.4, -0.2) is 29.3 Å². The molecule has 0 amide bonds. The zero-order chi connectivity index (χ0) is 14.5. The molecule has 2 rings (SSSR count). The molecule has 0 aromatic heterocycles. The number of ether oxygens (including phenoxy) is 1. The molecule has 0 spiro atoms. The molecule has 1 saturated carbocycles. The molecule has 0 bridgehead atoms. The summed E-state index contributed by atoms with van der Waals surface area (Å²) in [6.07, 6.45) is 3.11. The van der Waals surface area contributed by atoms with Crippen LogP contribution in [0, 0.1) is 16.0 Å². The molecule has 20 heavy (non-hydrogen) atoms. The Morgan fingerprint density at radius 2 is 2.30 bits per heavy atom. The molecule has 6 heteroatoms. The number of benzene rings is 1. The van der Waals surface area contributed by atoms with Crippen molar-refractivity contribution in [1.29, 1.82) is 0 Å². The third-order valence-corrected chi connectivity index (χ3v) is 3.70. The largest absolute Gasteiger partial charge is 0.487 e. The first-order chi connectivity index (χ1) is 9.65. The highest BCUT2D eigenvalue weighted by atomic mass is 16.6. The normalized spacial score (nSPS) is 21.7. The third kappa shape index (κ3) is 3.19. The van der Waals surface area contributed by atoms with Gasteiger partial charge in [-0.25, -0.2) is 0 Å². The van der Waals surface area contributed by atoms with Crippen LogP contribution >= 0.6 is 0 Å². The van der Waals surface area contributed by atoms with E-state index in [0.717, 1.165) is 24.9 Å². The van der Waals surface area contributed by atoms with Gasteiger partial charge in [-0.05, 0) is 25.8 Å². The lowest BCUT2D eigenvalue weighted by molar-refractivity contribution is -0.385. The fraction of sp³-hybridized carbons (Fsp3) is 0.571. The van der Waals surface area contributed by atoms with Crippen LogP contribution in [-0.2, 0) is 0 Å². The summed E-state index contributed by atoms with van der Waals surface area (Å²) in [5.41, 5.74) is 0.770. The molecule has 1 aromatic rings. The standard InChI is InChI=1S/C14H20N2O4/c1-2-20-14-8-11(6-7-13(14)16(18)19)15-12-5-3-4-10(12)9-17/h6-8,10,12,15,17H,2-5,9H2,1H3. The molecule has 0 saturated heterocycles. The average molecular weight is 280 g/mol. The van der Waals surface area contributed by atoms with Crippen LogP contribution in [0.2, 0.25) is 0 Å². The van der Waals surface area contributed by atoms with E-state index in [1.165, 1.54) is 6.07 Å². The topological polar surface area (TPSA) is 84.6 Å². The number of rotatable bonds is 6. The van der Waals surface area contributed by atoms with Crippen molar-refractivity contribution in [2.45, 2.75) is 32.2 Å². The van der Waals surface area contributed by atoms with Crippen LogP contribution in [0.4, 0.5) is 11.4 Å². The van der Waals surface area contributed by atoms with Crippen molar-refractivity contribution in [2.24, 2.45) is 5.92 Å². The molecule has 1 aromatic carbocycles. The van der Waals surface area contributed by atoms with Crippen molar-refractivity contribution in [1.82, 2.24) is 0 Å². The zero-order valence-corrected chi connectivity index (χ0v) is 11.5. The van der Waals surface area contributed by atoms with Gasteiger partial charge < -0.3 is 15.2 Å². The highest BCUT2D eigenvalue weighted by Gasteiger charge is 2.27.